The number of aromatic nitrogens is 1. The summed E-state index contributed by atoms with van der Waals surface area (Å²) in [5.74, 6) is -2.47. The van der Waals surface area contributed by atoms with Crippen molar-refractivity contribution in [3.63, 3.8) is 0 Å². The van der Waals surface area contributed by atoms with E-state index in [2.05, 4.69) is 4.98 Å². The predicted octanol–water partition coefficient (Wildman–Crippen LogP) is 4.27. The van der Waals surface area contributed by atoms with Gasteiger partial charge in [-0.15, -0.1) is 0 Å². The van der Waals surface area contributed by atoms with Crippen LogP contribution in [0.1, 0.15) is 21.9 Å². The number of methoxy groups -OCH3 is 2. The number of thiazole rings is 1. The molecule has 0 saturated carbocycles. The van der Waals surface area contributed by atoms with E-state index < -0.39 is 46.3 Å². The van der Waals surface area contributed by atoms with Crippen LogP contribution in [0.15, 0.2) is 52.3 Å². The molecule has 3 aromatic rings. The van der Waals surface area contributed by atoms with Gasteiger partial charge in [0.05, 0.1) is 36.4 Å². The second-order valence-electron chi connectivity index (χ2n) is 7.89. The van der Waals surface area contributed by atoms with Crippen LogP contribution in [-0.4, -0.2) is 36.3 Å². The highest BCUT2D eigenvalue weighted by molar-refractivity contribution is 8.00. The number of nitrogens with zero attached hydrogens (tertiary/aromatic N) is 1. The van der Waals surface area contributed by atoms with Crippen LogP contribution in [0, 0.1) is 5.92 Å². The average Bonchev–Trinajstić information content (AvgIpc) is 3.32. The van der Waals surface area contributed by atoms with Crippen molar-refractivity contribution in [3.8, 4) is 11.5 Å². The molecule has 3 heterocycles. The summed E-state index contributed by atoms with van der Waals surface area (Å²) in [4.78, 5) is 42.8. The maximum atomic E-state index is 13.7. The molecule has 2 aliphatic rings. The van der Waals surface area contributed by atoms with Crippen LogP contribution in [-0.2, 0) is 15.8 Å². The fraction of sp³-hybridized carbons (Fsp3) is 0.261. The summed E-state index contributed by atoms with van der Waals surface area (Å²) in [6, 6.07) is 9.48. The Bertz CT molecular complexity index is 1400. The number of thioether (sulfide) groups is 1. The van der Waals surface area contributed by atoms with E-state index in [0.717, 1.165) is 35.2 Å². The Morgan fingerprint density at radius 1 is 0.971 bits per heavy atom. The minimum Gasteiger partial charge on any atom is -0.493 e. The third-order valence-corrected chi connectivity index (χ3v) is 8.44. The topological polar surface area (TPSA) is 88.7 Å². The molecule has 182 valence electrons. The number of para-hydroxylation sites is 1. The van der Waals surface area contributed by atoms with Gasteiger partial charge >= 0.3 is 11.0 Å². The zero-order chi connectivity index (χ0) is 25.1. The maximum Gasteiger partial charge on any atom is 0.418 e. The third-order valence-electron chi connectivity index (χ3n) is 6.04. The minimum atomic E-state index is -4.76. The summed E-state index contributed by atoms with van der Waals surface area (Å²) < 4.78 is 51.8. The second kappa shape index (κ2) is 8.45. The maximum absolute atomic E-state index is 13.7. The van der Waals surface area contributed by atoms with E-state index in [-0.39, 0.29) is 4.87 Å². The Morgan fingerprint density at radius 3 is 2.37 bits per heavy atom. The van der Waals surface area contributed by atoms with E-state index in [4.69, 9.17) is 9.47 Å². The number of amides is 2. The van der Waals surface area contributed by atoms with Gasteiger partial charge in [-0.1, -0.05) is 41.3 Å². The van der Waals surface area contributed by atoms with Crippen LogP contribution in [0.5, 0.6) is 11.5 Å². The summed E-state index contributed by atoms with van der Waals surface area (Å²) in [5.41, 5.74) is -1.01. The highest BCUT2D eigenvalue weighted by atomic mass is 32.2. The molecule has 1 N–H and O–H groups in total. The molecule has 2 aromatic carbocycles. The number of benzene rings is 2. The molecule has 2 aliphatic heterocycles. The van der Waals surface area contributed by atoms with Crippen LogP contribution < -0.4 is 19.2 Å². The number of hydrogen-bond donors (Lipinski definition) is 1. The zero-order valence-corrected chi connectivity index (χ0v) is 19.8. The number of anilines is 1. The lowest BCUT2D eigenvalue weighted by Crippen LogP contribution is -2.33. The highest BCUT2D eigenvalue weighted by Gasteiger charge is 2.57. The van der Waals surface area contributed by atoms with E-state index in [9.17, 15) is 27.6 Å². The van der Waals surface area contributed by atoms with Gasteiger partial charge in [-0.3, -0.25) is 14.4 Å². The summed E-state index contributed by atoms with van der Waals surface area (Å²) in [5, 5.41) is -0.590. The first-order chi connectivity index (χ1) is 16.7. The van der Waals surface area contributed by atoms with Crippen LogP contribution in [0.3, 0.4) is 0 Å². The molecule has 35 heavy (non-hydrogen) atoms. The Morgan fingerprint density at radius 2 is 1.69 bits per heavy atom. The highest BCUT2D eigenvalue weighted by Crippen LogP contribution is 2.54. The number of aromatic amines is 1. The first-order valence-corrected chi connectivity index (χ1v) is 12.0. The van der Waals surface area contributed by atoms with Crippen molar-refractivity contribution in [2.75, 3.05) is 19.1 Å². The van der Waals surface area contributed by atoms with Gasteiger partial charge in [-0.05, 0) is 29.8 Å². The summed E-state index contributed by atoms with van der Waals surface area (Å²) in [6.45, 7) is 0. The average molecular weight is 523 g/mol. The number of carbonyl (C=O) groups is 2. The van der Waals surface area contributed by atoms with Gasteiger partial charge in [0, 0.05) is 10.8 Å². The smallest absolute Gasteiger partial charge is 0.418 e. The molecule has 1 saturated heterocycles. The molecular weight excluding hydrogens is 505 g/mol. The van der Waals surface area contributed by atoms with Gasteiger partial charge in [-0.2, -0.15) is 13.2 Å². The molecule has 7 nitrogen and oxygen atoms in total. The SMILES string of the molecule is COc1ccc(C2c3sc(=O)[nH]c3SC3C(=O)N(c4ccccc4C(F)(F)F)C(=O)C32)cc1OC. The zero-order valence-electron chi connectivity index (χ0n) is 18.2. The van der Waals surface area contributed by atoms with E-state index in [1.807, 2.05) is 0 Å². The number of hydrogen-bond acceptors (Lipinski definition) is 7. The Labute approximate surface area is 204 Å². The van der Waals surface area contributed by atoms with E-state index in [0.29, 0.717) is 31.9 Å². The number of nitrogens with one attached hydrogen (secondary N) is 1. The first-order valence-electron chi connectivity index (χ1n) is 10.3. The first kappa shape index (κ1) is 23.5. The Kier molecular flexibility index (Phi) is 5.67. The quantitative estimate of drug-likeness (QED) is 0.515. The van der Waals surface area contributed by atoms with Gasteiger partial charge in [0.25, 0.3) is 0 Å². The molecule has 0 radical (unpaired) electrons. The second-order valence-corrected chi connectivity index (χ2v) is 10.1. The summed E-state index contributed by atoms with van der Waals surface area (Å²) >= 11 is 1.90. The number of H-pyrrole nitrogens is 1. The molecule has 3 unspecified atom stereocenters. The molecule has 5 rings (SSSR count). The van der Waals surface area contributed by atoms with Crippen LogP contribution in [0.4, 0.5) is 18.9 Å². The Hall–Kier alpha value is -3.25. The van der Waals surface area contributed by atoms with E-state index in [1.54, 1.807) is 18.2 Å². The lowest BCUT2D eigenvalue weighted by molar-refractivity contribution is -0.137. The monoisotopic (exact) mass is 522 g/mol. The number of rotatable bonds is 4. The molecule has 3 atom stereocenters. The van der Waals surface area contributed by atoms with Gasteiger partial charge in [0.2, 0.25) is 11.8 Å². The van der Waals surface area contributed by atoms with Crippen molar-refractivity contribution in [2.45, 2.75) is 22.4 Å². The molecule has 1 aromatic heterocycles. The molecule has 12 heteroatoms. The molecule has 0 aliphatic carbocycles. The number of halogens is 3. The molecule has 0 spiro atoms. The fourth-order valence-electron chi connectivity index (χ4n) is 4.57. The molecular formula is C23H17F3N2O5S2. The van der Waals surface area contributed by atoms with Crippen molar-refractivity contribution in [2.24, 2.45) is 5.92 Å². The van der Waals surface area contributed by atoms with Crippen LogP contribution >= 0.6 is 23.1 Å². The summed E-state index contributed by atoms with van der Waals surface area (Å²) in [6.07, 6.45) is -4.76. The van der Waals surface area contributed by atoms with Crippen molar-refractivity contribution in [3.05, 3.63) is 68.1 Å². The lowest BCUT2D eigenvalue weighted by Gasteiger charge is -2.30. The van der Waals surface area contributed by atoms with Crippen molar-refractivity contribution < 1.29 is 32.2 Å². The number of carbonyl (C=O) groups excluding carboxylic acids is 2. The third kappa shape index (κ3) is 3.71. The van der Waals surface area contributed by atoms with E-state index in [1.165, 1.54) is 26.4 Å². The van der Waals surface area contributed by atoms with Crippen molar-refractivity contribution in [1.29, 1.82) is 0 Å². The number of alkyl halides is 3. The largest absolute Gasteiger partial charge is 0.493 e. The molecule has 1 fully saturated rings. The van der Waals surface area contributed by atoms with Crippen molar-refractivity contribution >= 4 is 40.6 Å². The fourth-order valence-corrected chi connectivity index (χ4v) is 7.08. The van der Waals surface area contributed by atoms with Gasteiger partial charge in [0.1, 0.15) is 5.25 Å². The molecule has 2 amide bonds. The predicted molar refractivity (Wildman–Crippen MR) is 123 cm³/mol. The summed E-state index contributed by atoms with van der Waals surface area (Å²) in [7, 11) is 2.91. The lowest BCUT2D eigenvalue weighted by atomic mass is 9.83. The standard InChI is InChI=1S/C23H17F3N2O5S2/c1-32-13-8-7-10(9-14(13)33-2)15-16-18(34-19-17(15)35-22(31)27-19)21(30)28(20(16)29)12-6-4-3-5-11(12)23(24,25)26/h3-9,15-16,18H,1-2H3,(H,27,31). The number of ether oxygens (including phenoxy) is 2. The minimum absolute atomic E-state index is 0.355. The number of fused-ring (bicyclic) bond motifs is 2. The molecule has 0 bridgehead atoms. The van der Waals surface area contributed by atoms with E-state index >= 15 is 0 Å². The van der Waals surface area contributed by atoms with Gasteiger partial charge in [-0.25, -0.2) is 4.90 Å². The van der Waals surface area contributed by atoms with Crippen LogP contribution in [0.25, 0.3) is 0 Å². The van der Waals surface area contributed by atoms with Crippen LogP contribution in [0.2, 0.25) is 0 Å². The van der Waals surface area contributed by atoms with Gasteiger partial charge < -0.3 is 14.5 Å². The number of imide groups is 1. The Balaban J connectivity index is 1.67. The normalized spacial score (nSPS) is 21.6. The van der Waals surface area contributed by atoms with Gasteiger partial charge in [0.15, 0.2) is 11.5 Å². The van der Waals surface area contributed by atoms with Crippen molar-refractivity contribution in [1.82, 2.24) is 4.98 Å².